The number of amides is 3. The summed E-state index contributed by atoms with van der Waals surface area (Å²) in [6.45, 7) is 0.499. The van der Waals surface area contributed by atoms with Crippen molar-refractivity contribution in [1.29, 1.82) is 0 Å². The van der Waals surface area contributed by atoms with Gasteiger partial charge in [-0.15, -0.1) is 0 Å². The molecular formula is C22H22ClFN4O4. The van der Waals surface area contributed by atoms with Crippen LogP contribution in [0.25, 0.3) is 11.1 Å². The van der Waals surface area contributed by atoms with Crippen LogP contribution in [0.5, 0.6) is 0 Å². The molecule has 0 bridgehead atoms. The zero-order chi connectivity index (χ0) is 23.0. The van der Waals surface area contributed by atoms with Crippen molar-refractivity contribution in [3.63, 3.8) is 0 Å². The largest absolute Gasteiger partial charge is 0.383 e. The van der Waals surface area contributed by atoms with Gasteiger partial charge in [0.15, 0.2) is 0 Å². The van der Waals surface area contributed by atoms with Gasteiger partial charge in [0.1, 0.15) is 17.9 Å². The van der Waals surface area contributed by atoms with Crippen molar-refractivity contribution in [3.05, 3.63) is 52.8 Å². The van der Waals surface area contributed by atoms with Crippen molar-refractivity contribution in [1.82, 2.24) is 9.80 Å². The molecule has 4 rings (SSSR count). The fraction of sp³-hybridized carbons (Fsp3) is 0.318. The van der Waals surface area contributed by atoms with Gasteiger partial charge in [-0.25, -0.2) is 4.39 Å². The number of hydrogen-bond acceptors (Lipinski definition) is 5. The molecule has 8 nitrogen and oxygen atoms in total. The van der Waals surface area contributed by atoms with Gasteiger partial charge in [0.2, 0.25) is 11.8 Å². The Morgan fingerprint density at radius 3 is 2.75 bits per heavy atom. The number of anilines is 1. The van der Waals surface area contributed by atoms with Gasteiger partial charge in [0.25, 0.3) is 5.91 Å². The van der Waals surface area contributed by atoms with Crippen LogP contribution in [-0.4, -0.2) is 73.0 Å². The molecule has 1 fully saturated rings. The highest BCUT2D eigenvalue weighted by molar-refractivity contribution is 6.30. The van der Waals surface area contributed by atoms with Crippen LogP contribution in [0.1, 0.15) is 10.4 Å². The van der Waals surface area contributed by atoms with Gasteiger partial charge in [-0.05, 0) is 35.9 Å². The van der Waals surface area contributed by atoms with Crippen LogP contribution in [0.15, 0.2) is 36.4 Å². The van der Waals surface area contributed by atoms with Gasteiger partial charge in [0.05, 0.1) is 24.4 Å². The van der Waals surface area contributed by atoms with Crippen molar-refractivity contribution < 1.29 is 23.5 Å². The van der Waals surface area contributed by atoms with Crippen LogP contribution < -0.4 is 11.1 Å². The molecular weight excluding hydrogens is 439 g/mol. The van der Waals surface area contributed by atoms with Crippen molar-refractivity contribution in [2.75, 3.05) is 38.7 Å². The SMILES string of the molecule is COC[C@H](N)C(=O)N1CCN2C(=O)c3cc(-c4ccc(Cl)cc4F)ccc3NC(=O)[C@H]2C1. The summed E-state index contributed by atoms with van der Waals surface area (Å²) in [5.41, 5.74) is 7.21. The lowest BCUT2D eigenvalue weighted by atomic mass is 10.0. The summed E-state index contributed by atoms with van der Waals surface area (Å²) in [4.78, 5) is 41.7. The zero-order valence-electron chi connectivity index (χ0n) is 17.3. The van der Waals surface area contributed by atoms with E-state index in [4.69, 9.17) is 22.1 Å². The number of hydrogen-bond donors (Lipinski definition) is 2. The number of nitrogens with one attached hydrogen (secondary N) is 1. The number of nitrogens with zero attached hydrogens (tertiary/aromatic N) is 2. The first kappa shape index (κ1) is 22.2. The molecule has 0 spiro atoms. The predicted molar refractivity (Wildman–Crippen MR) is 117 cm³/mol. The smallest absolute Gasteiger partial charge is 0.256 e. The Balaban J connectivity index is 1.62. The molecule has 2 aromatic rings. The molecule has 0 unspecified atom stereocenters. The molecule has 168 valence electrons. The molecule has 2 aliphatic heterocycles. The number of carbonyl (C=O) groups is 3. The van der Waals surface area contributed by atoms with Crippen LogP contribution >= 0.6 is 11.6 Å². The number of methoxy groups -OCH3 is 1. The summed E-state index contributed by atoms with van der Waals surface area (Å²) in [6, 6.07) is 7.35. The molecule has 0 radical (unpaired) electrons. The lowest BCUT2D eigenvalue weighted by molar-refractivity contribution is -0.138. The molecule has 1 saturated heterocycles. The third-order valence-corrected chi connectivity index (χ3v) is 5.90. The van der Waals surface area contributed by atoms with Crippen LogP contribution in [0.4, 0.5) is 10.1 Å². The van der Waals surface area contributed by atoms with E-state index in [2.05, 4.69) is 5.32 Å². The number of piperazine rings is 1. The van der Waals surface area contributed by atoms with E-state index in [1.807, 2.05) is 0 Å². The van der Waals surface area contributed by atoms with Gasteiger partial charge in [-0.1, -0.05) is 17.7 Å². The minimum atomic E-state index is -0.863. The number of nitrogens with two attached hydrogens (primary N) is 1. The fourth-order valence-electron chi connectivity index (χ4n) is 4.03. The van der Waals surface area contributed by atoms with Crippen LogP contribution in [0.3, 0.4) is 0 Å². The number of ether oxygens (including phenoxy) is 1. The normalized spacial score (nSPS) is 19.1. The third-order valence-electron chi connectivity index (χ3n) is 5.67. The number of rotatable bonds is 4. The third kappa shape index (κ3) is 4.06. The summed E-state index contributed by atoms with van der Waals surface area (Å²) < 4.78 is 19.3. The van der Waals surface area contributed by atoms with E-state index in [-0.39, 0.29) is 48.6 Å². The number of benzene rings is 2. The summed E-state index contributed by atoms with van der Waals surface area (Å²) >= 11 is 5.84. The van der Waals surface area contributed by atoms with Gasteiger partial charge >= 0.3 is 0 Å². The van der Waals surface area contributed by atoms with E-state index in [0.717, 1.165) is 0 Å². The Labute approximate surface area is 189 Å². The quantitative estimate of drug-likeness (QED) is 0.723. The predicted octanol–water partition coefficient (Wildman–Crippen LogP) is 1.72. The first-order chi connectivity index (χ1) is 15.3. The lowest BCUT2D eigenvalue weighted by Gasteiger charge is -2.40. The Bertz CT molecular complexity index is 1100. The highest BCUT2D eigenvalue weighted by Crippen LogP contribution is 2.32. The summed E-state index contributed by atoms with van der Waals surface area (Å²) in [5, 5.41) is 3.03. The molecule has 2 heterocycles. The molecule has 32 heavy (non-hydrogen) atoms. The molecule has 2 aliphatic rings. The molecule has 3 N–H and O–H groups in total. The fourth-order valence-corrected chi connectivity index (χ4v) is 4.19. The second-order valence-corrected chi connectivity index (χ2v) is 8.17. The molecule has 0 saturated carbocycles. The Morgan fingerprint density at radius 1 is 1.25 bits per heavy atom. The second-order valence-electron chi connectivity index (χ2n) is 7.73. The van der Waals surface area contributed by atoms with E-state index < -0.39 is 23.8 Å². The van der Waals surface area contributed by atoms with Gasteiger partial charge in [-0.2, -0.15) is 0 Å². The summed E-state index contributed by atoms with van der Waals surface area (Å²) in [6.07, 6.45) is 0. The van der Waals surface area contributed by atoms with Gasteiger partial charge in [-0.3, -0.25) is 14.4 Å². The van der Waals surface area contributed by atoms with E-state index in [9.17, 15) is 18.8 Å². The zero-order valence-corrected chi connectivity index (χ0v) is 18.1. The first-order valence-electron chi connectivity index (χ1n) is 10.0. The van der Waals surface area contributed by atoms with Crippen LogP contribution in [-0.2, 0) is 14.3 Å². The Morgan fingerprint density at radius 2 is 2.03 bits per heavy atom. The van der Waals surface area contributed by atoms with Crippen molar-refractivity contribution in [3.8, 4) is 11.1 Å². The molecule has 0 aromatic heterocycles. The first-order valence-corrected chi connectivity index (χ1v) is 10.4. The van der Waals surface area contributed by atoms with Gasteiger partial charge < -0.3 is 25.6 Å². The highest BCUT2D eigenvalue weighted by Gasteiger charge is 2.41. The van der Waals surface area contributed by atoms with E-state index in [1.54, 1.807) is 24.3 Å². The van der Waals surface area contributed by atoms with Crippen molar-refractivity contribution in [2.24, 2.45) is 5.73 Å². The van der Waals surface area contributed by atoms with Crippen molar-refractivity contribution in [2.45, 2.75) is 12.1 Å². The lowest BCUT2D eigenvalue weighted by Crippen LogP contribution is -2.61. The maximum atomic E-state index is 14.4. The maximum Gasteiger partial charge on any atom is 0.256 e. The minimum Gasteiger partial charge on any atom is -0.383 e. The molecule has 3 amide bonds. The number of carbonyl (C=O) groups excluding carboxylic acids is 3. The van der Waals surface area contributed by atoms with E-state index in [0.29, 0.717) is 16.8 Å². The topological polar surface area (TPSA) is 105 Å². The Hall–Kier alpha value is -3.01. The van der Waals surface area contributed by atoms with E-state index in [1.165, 1.54) is 29.0 Å². The molecule has 2 aromatic carbocycles. The molecule has 2 atom stereocenters. The standard InChI is InChI=1S/C22H22ClFN4O4/c1-32-11-17(25)22(31)27-6-7-28-19(10-27)20(29)26-18-5-2-12(8-15(18)21(28)30)14-4-3-13(23)9-16(14)24/h2-5,8-9,17,19H,6-7,10-11,25H2,1H3,(H,26,29)/t17-,19+/m0/s1. The highest BCUT2D eigenvalue weighted by atomic mass is 35.5. The second kappa shape index (κ2) is 8.85. The average molecular weight is 461 g/mol. The van der Waals surface area contributed by atoms with Crippen LogP contribution in [0, 0.1) is 5.82 Å². The molecule has 0 aliphatic carbocycles. The number of fused-ring (bicyclic) bond motifs is 2. The Kier molecular flexibility index (Phi) is 6.14. The van der Waals surface area contributed by atoms with Gasteiger partial charge in [0, 0.05) is 30.8 Å². The molecule has 10 heteroatoms. The van der Waals surface area contributed by atoms with Crippen LogP contribution in [0.2, 0.25) is 5.02 Å². The monoisotopic (exact) mass is 460 g/mol. The van der Waals surface area contributed by atoms with E-state index >= 15 is 0 Å². The number of halogens is 2. The maximum absolute atomic E-state index is 14.4. The summed E-state index contributed by atoms with van der Waals surface area (Å²) in [5.74, 6) is -1.62. The summed E-state index contributed by atoms with van der Waals surface area (Å²) in [7, 11) is 1.45. The average Bonchev–Trinajstić information content (AvgIpc) is 2.87. The van der Waals surface area contributed by atoms with Crippen molar-refractivity contribution >= 4 is 35.0 Å². The minimum absolute atomic E-state index is 0.0283.